The summed E-state index contributed by atoms with van der Waals surface area (Å²) in [6.07, 6.45) is 0.704. The minimum absolute atomic E-state index is 0.0375. The van der Waals surface area contributed by atoms with Crippen LogP contribution in [0.25, 0.3) is 0 Å². The van der Waals surface area contributed by atoms with E-state index in [9.17, 15) is 4.79 Å². The molecule has 0 aliphatic carbocycles. The molecule has 0 bridgehead atoms. The van der Waals surface area contributed by atoms with Gasteiger partial charge in [0.1, 0.15) is 0 Å². The highest BCUT2D eigenvalue weighted by Crippen LogP contribution is 2.29. The average molecular weight is 456 g/mol. The zero-order valence-corrected chi connectivity index (χ0v) is 18.8. The van der Waals surface area contributed by atoms with Gasteiger partial charge in [0.15, 0.2) is 5.11 Å². The first-order valence-electron chi connectivity index (χ1n) is 9.49. The van der Waals surface area contributed by atoms with Gasteiger partial charge in [-0.15, -0.1) is 11.8 Å². The average Bonchev–Trinajstić information content (AvgIpc) is 2.74. The van der Waals surface area contributed by atoms with E-state index in [1.807, 2.05) is 61.5 Å². The summed E-state index contributed by atoms with van der Waals surface area (Å²) in [7, 11) is 0. The number of thioether (sulfide) groups is 1. The monoisotopic (exact) mass is 455 g/mol. The molecule has 154 valence electrons. The SMILES string of the molecule is CCC(Sc1cccc(NC(=S)Nc2ccccc2)c1)C(=O)Nc1ccc(Cl)cc1. The quantitative estimate of drug-likeness (QED) is 0.275. The molecule has 0 fully saturated rings. The number of halogens is 1. The van der Waals surface area contributed by atoms with E-state index < -0.39 is 0 Å². The second kappa shape index (κ2) is 11.0. The summed E-state index contributed by atoms with van der Waals surface area (Å²) in [6.45, 7) is 2.00. The Bertz CT molecular complexity index is 997. The third-order valence-corrected chi connectivity index (χ3v) is 5.99. The van der Waals surface area contributed by atoms with Gasteiger partial charge in [0.2, 0.25) is 5.91 Å². The van der Waals surface area contributed by atoms with Crippen molar-refractivity contribution in [2.24, 2.45) is 0 Å². The molecule has 3 aromatic carbocycles. The van der Waals surface area contributed by atoms with Crippen LogP contribution in [-0.2, 0) is 4.79 Å². The molecule has 0 aliphatic rings. The molecule has 0 saturated heterocycles. The van der Waals surface area contributed by atoms with E-state index in [-0.39, 0.29) is 11.2 Å². The van der Waals surface area contributed by atoms with Gasteiger partial charge in [0.05, 0.1) is 5.25 Å². The number of carbonyl (C=O) groups excluding carboxylic acids is 1. The normalized spacial score (nSPS) is 11.4. The Morgan fingerprint density at radius 1 is 0.900 bits per heavy atom. The minimum atomic E-state index is -0.217. The van der Waals surface area contributed by atoms with Crippen molar-refractivity contribution in [3.63, 3.8) is 0 Å². The summed E-state index contributed by atoms with van der Waals surface area (Å²) >= 11 is 12.8. The maximum absolute atomic E-state index is 12.7. The molecule has 7 heteroatoms. The van der Waals surface area contributed by atoms with Crippen LogP contribution < -0.4 is 16.0 Å². The maximum atomic E-state index is 12.7. The number of hydrogen-bond donors (Lipinski definition) is 3. The van der Waals surface area contributed by atoms with Crippen LogP contribution in [0.4, 0.5) is 17.1 Å². The Morgan fingerprint density at radius 2 is 1.53 bits per heavy atom. The van der Waals surface area contributed by atoms with Crippen molar-refractivity contribution in [3.05, 3.63) is 83.9 Å². The summed E-state index contributed by atoms with van der Waals surface area (Å²) in [6, 6.07) is 24.7. The number of nitrogens with one attached hydrogen (secondary N) is 3. The van der Waals surface area contributed by atoms with E-state index >= 15 is 0 Å². The van der Waals surface area contributed by atoms with Gasteiger partial charge in [-0.05, 0) is 73.2 Å². The van der Waals surface area contributed by atoms with E-state index in [0.29, 0.717) is 16.6 Å². The van der Waals surface area contributed by atoms with Gasteiger partial charge in [-0.25, -0.2) is 0 Å². The number of rotatable bonds is 7. The molecule has 4 nitrogen and oxygen atoms in total. The molecule has 0 saturated carbocycles. The topological polar surface area (TPSA) is 53.2 Å². The summed E-state index contributed by atoms with van der Waals surface area (Å²) in [5.74, 6) is -0.0375. The molecular formula is C23H22ClN3OS2. The number of anilines is 3. The van der Waals surface area contributed by atoms with Crippen LogP contribution in [0.2, 0.25) is 5.02 Å². The fraction of sp³-hybridized carbons (Fsp3) is 0.130. The Labute approximate surface area is 191 Å². The zero-order chi connectivity index (χ0) is 21.3. The van der Waals surface area contributed by atoms with Gasteiger partial charge in [-0.1, -0.05) is 42.8 Å². The molecule has 1 unspecified atom stereocenters. The molecule has 30 heavy (non-hydrogen) atoms. The third-order valence-electron chi connectivity index (χ3n) is 4.18. The Kier molecular flexibility index (Phi) is 8.13. The first kappa shape index (κ1) is 22.2. The summed E-state index contributed by atoms with van der Waals surface area (Å²) < 4.78 is 0. The molecule has 0 spiro atoms. The van der Waals surface area contributed by atoms with Gasteiger partial charge >= 0.3 is 0 Å². The van der Waals surface area contributed by atoms with E-state index in [4.69, 9.17) is 23.8 Å². The lowest BCUT2D eigenvalue weighted by Crippen LogP contribution is -2.24. The molecule has 0 aliphatic heterocycles. The highest BCUT2D eigenvalue weighted by atomic mass is 35.5. The molecule has 0 heterocycles. The van der Waals surface area contributed by atoms with Crippen LogP contribution in [0.5, 0.6) is 0 Å². The van der Waals surface area contributed by atoms with Crippen LogP contribution in [0.3, 0.4) is 0 Å². The Morgan fingerprint density at radius 3 is 2.23 bits per heavy atom. The van der Waals surface area contributed by atoms with Crippen molar-refractivity contribution in [1.82, 2.24) is 0 Å². The molecule has 3 N–H and O–H groups in total. The van der Waals surface area contributed by atoms with Crippen LogP contribution in [0.15, 0.2) is 83.8 Å². The first-order chi connectivity index (χ1) is 14.5. The highest BCUT2D eigenvalue weighted by Gasteiger charge is 2.18. The minimum Gasteiger partial charge on any atom is -0.332 e. The number of hydrogen-bond acceptors (Lipinski definition) is 3. The second-order valence-electron chi connectivity index (χ2n) is 6.48. The molecule has 1 amide bonds. The molecular weight excluding hydrogens is 434 g/mol. The van der Waals surface area contributed by atoms with Crippen LogP contribution >= 0.6 is 35.6 Å². The summed E-state index contributed by atoms with van der Waals surface area (Å²) in [5, 5.41) is 10.2. The first-order valence-corrected chi connectivity index (χ1v) is 11.2. The van der Waals surface area contributed by atoms with Crippen LogP contribution in [-0.4, -0.2) is 16.3 Å². The maximum Gasteiger partial charge on any atom is 0.237 e. The van der Waals surface area contributed by atoms with Crippen molar-refractivity contribution in [2.45, 2.75) is 23.5 Å². The van der Waals surface area contributed by atoms with Crippen molar-refractivity contribution in [2.75, 3.05) is 16.0 Å². The Balaban J connectivity index is 1.60. The van der Waals surface area contributed by atoms with E-state index in [0.717, 1.165) is 22.0 Å². The van der Waals surface area contributed by atoms with Crippen molar-refractivity contribution >= 4 is 63.7 Å². The van der Waals surface area contributed by atoms with Crippen LogP contribution in [0.1, 0.15) is 13.3 Å². The summed E-state index contributed by atoms with van der Waals surface area (Å²) in [5.41, 5.74) is 2.52. The predicted molar refractivity (Wildman–Crippen MR) is 133 cm³/mol. The number of thiocarbonyl (C=S) groups is 1. The largest absolute Gasteiger partial charge is 0.332 e. The molecule has 3 rings (SSSR count). The van der Waals surface area contributed by atoms with Gasteiger partial charge in [0, 0.05) is 27.0 Å². The van der Waals surface area contributed by atoms with Crippen molar-refractivity contribution in [3.8, 4) is 0 Å². The van der Waals surface area contributed by atoms with Gasteiger partial charge < -0.3 is 16.0 Å². The molecule has 1 atom stereocenters. The number of carbonyl (C=O) groups is 1. The highest BCUT2D eigenvalue weighted by molar-refractivity contribution is 8.00. The Hall–Kier alpha value is -2.54. The standard InChI is InChI=1S/C23H22ClN3OS2/c1-2-21(22(28)25-18-13-11-16(24)12-14-18)30-20-10-6-9-19(15-20)27-23(29)26-17-7-4-3-5-8-17/h3-15,21H,2H2,1H3,(H,25,28)(H2,26,27,29). The van der Waals surface area contributed by atoms with E-state index in [1.54, 1.807) is 24.3 Å². The van der Waals surface area contributed by atoms with Gasteiger partial charge in [-0.2, -0.15) is 0 Å². The molecule has 0 aromatic heterocycles. The van der Waals surface area contributed by atoms with E-state index in [2.05, 4.69) is 16.0 Å². The lowest BCUT2D eigenvalue weighted by molar-refractivity contribution is -0.115. The lowest BCUT2D eigenvalue weighted by atomic mass is 10.2. The van der Waals surface area contributed by atoms with Crippen molar-refractivity contribution in [1.29, 1.82) is 0 Å². The second-order valence-corrected chi connectivity index (χ2v) is 8.60. The fourth-order valence-electron chi connectivity index (χ4n) is 2.70. The third kappa shape index (κ3) is 6.76. The molecule has 3 aromatic rings. The lowest BCUT2D eigenvalue weighted by Gasteiger charge is -2.16. The predicted octanol–water partition coefficient (Wildman–Crippen LogP) is 6.66. The fourth-order valence-corrected chi connectivity index (χ4v) is 4.08. The van der Waals surface area contributed by atoms with E-state index in [1.165, 1.54) is 11.8 Å². The summed E-state index contributed by atoms with van der Waals surface area (Å²) in [4.78, 5) is 13.7. The molecule has 0 radical (unpaired) electrons. The number of para-hydroxylation sites is 1. The smallest absolute Gasteiger partial charge is 0.237 e. The van der Waals surface area contributed by atoms with Gasteiger partial charge in [-0.3, -0.25) is 4.79 Å². The zero-order valence-electron chi connectivity index (χ0n) is 16.4. The number of benzene rings is 3. The van der Waals surface area contributed by atoms with Crippen LogP contribution in [0, 0.1) is 0 Å². The number of amides is 1. The van der Waals surface area contributed by atoms with Crippen molar-refractivity contribution < 1.29 is 4.79 Å². The van der Waals surface area contributed by atoms with Gasteiger partial charge in [0.25, 0.3) is 0 Å².